The van der Waals surface area contributed by atoms with Crippen LogP contribution in [0.25, 0.3) is 22.3 Å². The minimum atomic E-state index is -3.31. The molecule has 12 heteroatoms. The summed E-state index contributed by atoms with van der Waals surface area (Å²) in [5, 5.41) is 7.56. The molecule has 0 saturated carbocycles. The molecule has 1 amide bonds. The Morgan fingerprint density at radius 1 is 1.19 bits per heavy atom. The molecule has 0 radical (unpaired) electrons. The van der Waals surface area contributed by atoms with Crippen LogP contribution in [0.2, 0.25) is 0 Å². The number of aromatic amines is 1. The van der Waals surface area contributed by atoms with Crippen molar-refractivity contribution < 1.29 is 22.7 Å². The minimum absolute atomic E-state index is 0.127. The van der Waals surface area contributed by atoms with E-state index in [0.717, 1.165) is 0 Å². The SMILES string of the molecule is CC(C)n1cc(C(=O)Nc2cc3[nH]c(-c4ccnc(OC(F)C(F)F)n4)cc3cn2)cn1. The molecule has 0 saturated heterocycles. The van der Waals surface area contributed by atoms with Gasteiger partial charge in [-0.2, -0.15) is 14.5 Å². The maximum atomic E-state index is 13.1. The molecule has 0 aliphatic carbocycles. The molecule has 1 unspecified atom stereocenters. The van der Waals surface area contributed by atoms with Gasteiger partial charge in [0, 0.05) is 36.1 Å². The molecule has 4 rings (SSSR count). The standard InChI is InChI=1S/C20H18F3N7O2/c1-10(2)30-9-12(8-26-30)19(31)29-16-6-14-11(7-25-16)5-15(27-14)13-3-4-24-20(28-13)32-18(23)17(21)22/h3-10,17-18,27H,1-2H3,(H,25,29,31). The molecule has 32 heavy (non-hydrogen) atoms. The number of amides is 1. The number of carbonyl (C=O) groups is 1. The van der Waals surface area contributed by atoms with E-state index in [2.05, 4.69) is 35.1 Å². The molecule has 9 nitrogen and oxygen atoms in total. The van der Waals surface area contributed by atoms with E-state index in [-0.39, 0.29) is 11.9 Å². The van der Waals surface area contributed by atoms with Crippen LogP contribution in [0, 0.1) is 0 Å². The van der Waals surface area contributed by atoms with Crippen molar-refractivity contribution in [2.24, 2.45) is 0 Å². The van der Waals surface area contributed by atoms with Crippen LogP contribution in [0.5, 0.6) is 6.01 Å². The van der Waals surface area contributed by atoms with E-state index in [4.69, 9.17) is 0 Å². The number of H-pyrrole nitrogens is 1. The predicted molar refractivity (Wildman–Crippen MR) is 109 cm³/mol. The lowest BCUT2D eigenvalue weighted by Gasteiger charge is -2.08. The van der Waals surface area contributed by atoms with Gasteiger partial charge in [-0.1, -0.05) is 0 Å². The van der Waals surface area contributed by atoms with Crippen molar-refractivity contribution in [2.75, 3.05) is 5.32 Å². The van der Waals surface area contributed by atoms with Crippen LogP contribution in [0.15, 0.2) is 43.0 Å². The third-order valence-corrected chi connectivity index (χ3v) is 4.46. The Bertz CT molecular complexity index is 1250. The third-order valence-electron chi connectivity index (χ3n) is 4.46. The van der Waals surface area contributed by atoms with Gasteiger partial charge in [0.15, 0.2) is 0 Å². The normalized spacial score (nSPS) is 12.5. The van der Waals surface area contributed by atoms with Gasteiger partial charge in [-0.15, -0.1) is 0 Å². The number of nitrogens with zero attached hydrogens (tertiary/aromatic N) is 5. The molecular weight excluding hydrogens is 427 g/mol. The van der Waals surface area contributed by atoms with Gasteiger partial charge in [0.25, 0.3) is 5.91 Å². The summed E-state index contributed by atoms with van der Waals surface area (Å²) in [5.41, 5.74) is 1.85. The van der Waals surface area contributed by atoms with Crippen molar-refractivity contribution in [3.63, 3.8) is 0 Å². The number of ether oxygens (including phenoxy) is 1. The maximum absolute atomic E-state index is 13.1. The van der Waals surface area contributed by atoms with Gasteiger partial charge in [0.1, 0.15) is 5.82 Å². The first-order chi connectivity index (χ1) is 15.3. The number of nitrogens with one attached hydrogen (secondary N) is 2. The molecule has 166 valence electrons. The number of halogens is 3. The Hall–Kier alpha value is -3.96. The quantitative estimate of drug-likeness (QED) is 0.445. The molecule has 0 spiro atoms. The Balaban J connectivity index is 1.53. The number of fused-ring (bicyclic) bond motifs is 1. The number of hydrogen-bond donors (Lipinski definition) is 2. The van der Waals surface area contributed by atoms with Gasteiger partial charge < -0.3 is 15.0 Å². The number of pyridine rings is 1. The fourth-order valence-electron chi connectivity index (χ4n) is 2.86. The van der Waals surface area contributed by atoms with Gasteiger partial charge in [-0.3, -0.25) is 9.48 Å². The second-order valence-electron chi connectivity index (χ2n) is 7.12. The van der Waals surface area contributed by atoms with E-state index >= 15 is 0 Å². The average Bonchev–Trinajstić information content (AvgIpc) is 3.41. The van der Waals surface area contributed by atoms with Crippen LogP contribution >= 0.6 is 0 Å². The van der Waals surface area contributed by atoms with E-state index in [0.29, 0.717) is 33.7 Å². The average molecular weight is 445 g/mol. The van der Waals surface area contributed by atoms with Crippen molar-refractivity contribution >= 4 is 22.6 Å². The Morgan fingerprint density at radius 3 is 2.72 bits per heavy atom. The van der Waals surface area contributed by atoms with E-state index in [1.807, 2.05) is 13.8 Å². The van der Waals surface area contributed by atoms with Gasteiger partial charge >= 0.3 is 18.8 Å². The van der Waals surface area contributed by atoms with Gasteiger partial charge in [0.2, 0.25) is 0 Å². The molecular formula is C20H18F3N7O2. The fraction of sp³-hybridized carbons (Fsp3) is 0.250. The highest BCUT2D eigenvalue weighted by molar-refractivity contribution is 6.04. The summed E-state index contributed by atoms with van der Waals surface area (Å²) in [7, 11) is 0. The van der Waals surface area contributed by atoms with Crippen LogP contribution in [-0.4, -0.2) is 48.4 Å². The Labute approximate surface area is 179 Å². The largest absolute Gasteiger partial charge is 0.422 e. The monoisotopic (exact) mass is 445 g/mol. The fourth-order valence-corrected chi connectivity index (χ4v) is 2.86. The second-order valence-corrected chi connectivity index (χ2v) is 7.12. The van der Waals surface area contributed by atoms with Crippen LogP contribution < -0.4 is 10.1 Å². The lowest BCUT2D eigenvalue weighted by Crippen LogP contribution is -2.20. The van der Waals surface area contributed by atoms with Gasteiger partial charge in [-0.05, 0) is 26.0 Å². The molecule has 0 aliphatic heterocycles. The topological polar surface area (TPSA) is 111 Å². The number of rotatable bonds is 7. The smallest absolute Gasteiger partial charge is 0.319 e. The van der Waals surface area contributed by atoms with Gasteiger partial charge in [-0.25, -0.2) is 18.7 Å². The summed E-state index contributed by atoms with van der Waals surface area (Å²) < 4.78 is 43.9. The van der Waals surface area contributed by atoms with E-state index < -0.39 is 18.8 Å². The first-order valence-electron chi connectivity index (χ1n) is 9.56. The number of hydrogen-bond acceptors (Lipinski definition) is 6. The zero-order chi connectivity index (χ0) is 22.8. The first kappa shape index (κ1) is 21.3. The van der Waals surface area contributed by atoms with Crippen molar-refractivity contribution in [2.45, 2.75) is 32.7 Å². The van der Waals surface area contributed by atoms with Crippen molar-refractivity contribution in [3.05, 3.63) is 48.5 Å². The highest BCUT2D eigenvalue weighted by Gasteiger charge is 2.22. The highest BCUT2D eigenvalue weighted by Crippen LogP contribution is 2.25. The van der Waals surface area contributed by atoms with Crippen LogP contribution in [0.4, 0.5) is 19.0 Å². The van der Waals surface area contributed by atoms with Crippen LogP contribution in [-0.2, 0) is 0 Å². The molecule has 4 aromatic rings. The second kappa shape index (κ2) is 8.65. The van der Waals surface area contributed by atoms with Crippen molar-refractivity contribution in [3.8, 4) is 17.4 Å². The van der Waals surface area contributed by atoms with Crippen molar-refractivity contribution in [1.29, 1.82) is 0 Å². The predicted octanol–water partition coefficient (Wildman–Crippen LogP) is 3.99. The summed E-state index contributed by atoms with van der Waals surface area (Å²) >= 11 is 0. The molecule has 1 atom stereocenters. The maximum Gasteiger partial charge on any atom is 0.319 e. The first-order valence-corrected chi connectivity index (χ1v) is 9.56. The number of carbonyl (C=O) groups excluding carboxylic acids is 1. The molecule has 4 aromatic heterocycles. The lowest BCUT2D eigenvalue weighted by molar-refractivity contribution is -0.0713. The summed E-state index contributed by atoms with van der Waals surface area (Å²) in [5.74, 6) is -0.0370. The van der Waals surface area contributed by atoms with E-state index in [1.54, 1.807) is 29.2 Å². The van der Waals surface area contributed by atoms with Gasteiger partial charge in [0.05, 0.1) is 28.7 Å². The molecule has 0 aromatic carbocycles. The molecule has 0 aliphatic rings. The van der Waals surface area contributed by atoms with E-state index in [9.17, 15) is 18.0 Å². The summed E-state index contributed by atoms with van der Waals surface area (Å²) in [6.45, 7) is 3.91. The van der Waals surface area contributed by atoms with E-state index in [1.165, 1.54) is 18.5 Å². The number of aromatic nitrogens is 6. The van der Waals surface area contributed by atoms with Crippen LogP contribution in [0.1, 0.15) is 30.2 Å². The summed E-state index contributed by atoms with van der Waals surface area (Å²) in [6.07, 6.45) is -0.190. The lowest BCUT2D eigenvalue weighted by atomic mass is 10.2. The summed E-state index contributed by atoms with van der Waals surface area (Å²) in [4.78, 5) is 27.4. The summed E-state index contributed by atoms with van der Waals surface area (Å²) in [6, 6.07) is 4.48. The molecule has 0 bridgehead atoms. The third kappa shape index (κ3) is 4.53. The molecule has 2 N–H and O–H groups in total. The highest BCUT2D eigenvalue weighted by atomic mass is 19.3. The van der Waals surface area contributed by atoms with Crippen molar-refractivity contribution in [1.82, 2.24) is 29.7 Å². The minimum Gasteiger partial charge on any atom is -0.422 e. The zero-order valence-corrected chi connectivity index (χ0v) is 17.0. The number of anilines is 1. The Kier molecular flexibility index (Phi) is 5.75. The number of alkyl halides is 3. The van der Waals surface area contributed by atoms with Crippen LogP contribution in [0.3, 0.4) is 0 Å². The Morgan fingerprint density at radius 2 is 2.00 bits per heavy atom. The zero-order valence-electron chi connectivity index (χ0n) is 17.0. The molecule has 4 heterocycles. The molecule has 0 fully saturated rings.